The third kappa shape index (κ3) is 2.17. The minimum Gasteiger partial charge on any atom is -0.369 e. The molecule has 0 bridgehead atoms. The second-order valence-electron chi connectivity index (χ2n) is 5.72. The second-order valence-corrected chi connectivity index (χ2v) is 5.72. The summed E-state index contributed by atoms with van der Waals surface area (Å²) in [7, 11) is 0. The predicted octanol–water partition coefficient (Wildman–Crippen LogP) is 3.67. The maximum absolute atomic E-state index is 4.74. The normalized spacial score (nSPS) is 14.1. The summed E-state index contributed by atoms with van der Waals surface area (Å²) >= 11 is 0. The Morgan fingerprint density at radius 3 is 2.86 bits per heavy atom. The summed E-state index contributed by atoms with van der Waals surface area (Å²) < 4.78 is 2.13. The number of amidine groups is 1. The number of hydrogen-bond acceptors (Lipinski definition) is 3. The van der Waals surface area contributed by atoms with Crippen molar-refractivity contribution < 1.29 is 0 Å². The highest BCUT2D eigenvalue weighted by Crippen LogP contribution is 2.34. The van der Waals surface area contributed by atoms with Gasteiger partial charge in [-0.1, -0.05) is 30.3 Å². The molecule has 3 aromatic rings. The van der Waals surface area contributed by atoms with E-state index in [0.717, 1.165) is 24.5 Å². The third-order valence-electron chi connectivity index (χ3n) is 4.26. The lowest BCUT2D eigenvalue weighted by atomic mass is 10.0. The average molecular weight is 290 g/mol. The maximum Gasteiger partial charge on any atom is 0.134 e. The van der Waals surface area contributed by atoms with E-state index in [4.69, 9.17) is 4.99 Å². The van der Waals surface area contributed by atoms with Gasteiger partial charge in [0.1, 0.15) is 5.84 Å². The number of hydrogen-bond donors (Lipinski definition) is 1. The van der Waals surface area contributed by atoms with E-state index in [-0.39, 0.29) is 0 Å². The van der Waals surface area contributed by atoms with Crippen molar-refractivity contribution in [2.75, 3.05) is 6.54 Å². The topological polar surface area (TPSA) is 42.2 Å². The summed E-state index contributed by atoms with van der Waals surface area (Å²) in [6.07, 6.45) is 6.73. The van der Waals surface area contributed by atoms with E-state index < -0.39 is 0 Å². The van der Waals surface area contributed by atoms with Gasteiger partial charge in [0.2, 0.25) is 0 Å². The molecule has 22 heavy (non-hydrogen) atoms. The van der Waals surface area contributed by atoms with Gasteiger partial charge in [0.25, 0.3) is 0 Å². The number of aromatic nitrogens is 2. The van der Waals surface area contributed by atoms with Crippen LogP contribution in [-0.4, -0.2) is 21.9 Å². The van der Waals surface area contributed by atoms with Gasteiger partial charge in [-0.25, -0.2) is 9.98 Å². The SMILES string of the molecule is CC(CCNC1=Nc2cccc3cccc1c23)n1ccnc1. The summed E-state index contributed by atoms with van der Waals surface area (Å²) in [5.41, 5.74) is 2.28. The van der Waals surface area contributed by atoms with Crippen LogP contribution in [0.15, 0.2) is 60.1 Å². The molecule has 0 amide bonds. The number of rotatable bonds is 4. The fraction of sp³-hybridized carbons (Fsp3) is 0.222. The zero-order valence-corrected chi connectivity index (χ0v) is 12.5. The lowest BCUT2D eigenvalue weighted by Crippen LogP contribution is -2.25. The molecule has 0 aliphatic carbocycles. The number of imidazole rings is 1. The summed E-state index contributed by atoms with van der Waals surface area (Å²) in [6, 6.07) is 13.1. The first kappa shape index (κ1) is 13.1. The van der Waals surface area contributed by atoms with Crippen LogP contribution in [0.1, 0.15) is 24.9 Å². The molecule has 0 radical (unpaired) electrons. The minimum atomic E-state index is 0.426. The fourth-order valence-corrected chi connectivity index (χ4v) is 3.01. The molecule has 1 aliphatic heterocycles. The van der Waals surface area contributed by atoms with Crippen LogP contribution in [0, 0.1) is 0 Å². The Hall–Kier alpha value is -2.62. The first-order valence-corrected chi connectivity index (χ1v) is 7.65. The van der Waals surface area contributed by atoms with Gasteiger partial charge in [-0.05, 0) is 24.8 Å². The zero-order chi connectivity index (χ0) is 14.9. The summed E-state index contributed by atoms with van der Waals surface area (Å²) in [6.45, 7) is 3.10. The molecule has 1 atom stereocenters. The third-order valence-corrected chi connectivity index (χ3v) is 4.26. The average Bonchev–Trinajstić information content (AvgIpc) is 3.18. The zero-order valence-electron chi connectivity index (χ0n) is 12.5. The van der Waals surface area contributed by atoms with Crippen molar-refractivity contribution in [3.63, 3.8) is 0 Å². The van der Waals surface area contributed by atoms with Crippen LogP contribution in [-0.2, 0) is 0 Å². The number of benzene rings is 2. The molecule has 0 saturated carbocycles. The molecule has 2 heterocycles. The van der Waals surface area contributed by atoms with Gasteiger partial charge in [0, 0.05) is 35.9 Å². The van der Waals surface area contributed by atoms with Crippen LogP contribution in [0.4, 0.5) is 5.69 Å². The molecule has 1 aliphatic rings. The Morgan fingerprint density at radius 1 is 1.18 bits per heavy atom. The number of aliphatic imine (C=N–C) groups is 1. The molecule has 0 fully saturated rings. The van der Waals surface area contributed by atoms with Crippen LogP contribution in [0.5, 0.6) is 0 Å². The van der Waals surface area contributed by atoms with Crippen molar-refractivity contribution in [2.45, 2.75) is 19.4 Å². The van der Waals surface area contributed by atoms with Crippen LogP contribution in [0.3, 0.4) is 0 Å². The Morgan fingerprint density at radius 2 is 2.05 bits per heavy atom. The first-order valence-electron chi connectivity index (χ1n) is 7.65. The lowest BCUT2D eigenvalue weighted by molar-refractivity contribution is 0.503. The minimum absolute atomic E-state index is 0.426. The largest absolute Gasteiger partial charge is 0.369 e. The Bertz CT molecular complexity index is 828. The molecule has 1 aromatic heterocycles. The molecule has 4 heteroatoms. The van der Waals surface area contributed by atoms with E-state index in [9.17, 15) is 0 Å². The molecule has 110 valence electrons. The van der Waals surface area contributed by atoms with Gasteiger partial charge in [-0.2, -0.15) is 0 Å². The van der Waals surface area contributed by atoms with Gasteiger partial charge in [0.05, 0.1) is 12.0 Å². The van der Waals surface area contributed by atoms with E-state index in [1.807, 2.05) is 18.7 Å². The first-order chi connectivity index (χ1) is 10.8. The highest BCUT2D eigenvalue weighted by molar-refractivity contribution is 6.18. The van der Waals surface area contributed by atoms with E-state index >= 15 is 0 Å². The van der Waals surface area contributed by atoms with Crippen LogP contribution >= 0.6 is 0 Å². The van der Waals surface area contributed by atoms with E-state index in [0.29, 0.717) is 6.04 Å². The molecule has 0 spiro atoms. The summed E-state index contributed by atoms with van der Waals surface area (Å²) in [5, 5.41) is 6.01. The van der Waals surface area contributed by atoms with Crippen molar-refractivity contribution in [1.82, 2.24) is 14.9 Å². The van der Waals surface area contributed by atoms with Crippen molar-refractivity contribution >= 4 is 22.3 Å². The van der Waals surface area contributed by atoms with Crippen molar-refractivity contribution in [1.29, 1.82) is 0 Å². The predicted molar refractivity (Wildman–Crippen MR) is 89.7 cm³/mol. The van der Waals surface area contributed by atoms with Gasteiger partial charge in [0.15, 0.2) is 0 Å². The van der Waals surface area contributed by atoms with Crippen LogP contribution < -0.4 is 5.32 Å². The molecule has 1 unspecified atom stereocenters. The van der Waals surface area contributed by atoms with Crippen molar-refractivity contribution in [3.05, 3.63) is 60.7 Å². The molecule has 4 nitrogen and oxygen atoms in total. The molecule has 4 rings (SSSR count). The van der Waals surface area contributed by atoms with E-state index in [2.05, 4.69) is 58.2 Å². The van der Waals surface area contributed by atoms with Gasteiger partial charge >= 0.3 is 0 Å². The highest BCUT2D eigenvalue weighted by Gasteiger charge is 2.17. The number of nitrogens with one attached hydrogen (secondary N) is 1. The smallest absolute Gasteiger partial charge is 0.134 e. The van der Waals surface area contributed by atoms with Gasteiger partial charge in [-0.3, -0.25) is 0 Å². The fourth-order valence-electron chi connectivity index (χ4n) is 3.01. The molecule has 1 N–H and O–H groups in total. The quantitative estimate of drug-likeness (QED) is 0.796. The van der Waals surface area contributed by atoms with Crippen LogP contribution in [0.25, 0.3) is 10.8 Å². The van der Waals surface area contributed by atoms with E-state index in [1.165, 1.54) is 16.3 Å². The lowest BCUT2D eigenvalue weighted by Gasteiger charge is -2.14. The Labute approximate surface area is 129 Å². The monoisotopic (exact) mass is 290 g/mol. The van der Waals surface area contributed by atoms with Crippen molar-refractivity contribution in [2.24, 2.45) is 4.99 Å². The Kier molecular flexibility index (Phi) is 3.15. The maximum atomic E-state index is 4.74. The summed E-state index contributed by atoms with van der Waals surface area (Å²) in [4.78, 5) is 8.84. The molecular weight excluding hydrogens is 272 g/mol. The molecule has 0 saturated heterocycles. The molecule has 2 aromatic carbocycles. The van der Waals surface area contributed by atoms with Gasteiger partial charge in [-0.15, -0.1) is 0 Å². The molecular formula is C18H18N4. The van der Waals surface area contributed by atoms with Crippen molar-refractivity contribution in [3.8, 4) is 0 Å². The second kappa shape index (κ2) is 5.30. The number of nitrogens with zero attached hydrogens (tertiary/aromatic N) is 3. The standard InChI is InChI=1S/C18H18N4/c1-13(22-11-10-19-12-22)8-9-20-18-15-6-2-4-14-5-3-7-16(21-18)17(14)15/h2-7,10-13H,8-9H2,1H3,(H,20,21). The highest BCUT2D eigenvalue weighted by atomic mass is 15.1. The van der Waals surface area contributed by atoms with Gasteiger partial charge < -0.3 is 9.88 Å². The Balaban J connectivity index is 1.48. The van der Waals surface area contributed by atoms with E-state index in [1.54, 1.807) is 0 Å². The van der Waals surface area contributed by atoms with Crippen LogP contribution in [0.2, 0.25) is 0 Å². The summed E-state index contributed by atoms with van der Waals surface area (Å²) in [5.74, 6) is 0.990.